The lowest BCUT2D eigenvalue weighted by Crippen LogP contribution is -2.16. The summed E-state index contributed by atoms with van der Waals surface area (Å²) < 4.78 is 37.1. The lowest BCUT2D eigenvalue weighted by atomic mass is 10.0. The predicted octanol–water partition coefficient (Wildman–Crippen LogP) is 1.28. The second kappa shape index (κ2) is 4.08. The Balaban J connectivity index is 3.17. The highest BCUT2D eigenvalue weighted by Crippen LogP contribution is 2.32. The van der Waals surface area contributed by atoms with Crippen LogP contribution in [0.1, 0.15) is 17.2 Å². The van der Waals surface area contributed by atoms with E-state index < -0.39 is 24.4 Å². The molecule has 1 atom stereocenters. The average Bonchev–Trinajstić information content (AvgIpc) is 2.14. The summed E-state index contributed by atoms with van der Waals surface area (Å²) in [4.78, 5) is 0. The number of alkyl halides is 3. The molecular formula is C9H11F3N2O. The standard InChI is InChI=1S/C9H11F3N2O/c10-9(11,12)6-1-5(8(14)4-15)2-7(13)3-6/h1-3,8,15H,4,13-14H2/t8-/m0/s1. The highest BCUT2D eigenvalue weighted by molar-refractivity contribution is 5.46. The van der Waals surface area contributed by atoms with Crippen molar-refractivity contribution in [1.82, 2.24) is 0 Å². The Morgan fingerprint density at radius 3 is 2.33 bits per heavy atom. The summed E-state index contributed by atoms with van der Waals surface area (Å²) >= 11 is 0. The fourth-order valence-corrected chi connectivity index (χ4v) is 1.16. The Hall–Kier alpha value is -1.27. The number of benzene rings is 1. The van der Waals surface area contributed by atoms with Crippen molar-refractivity contribution in [3.8, 4) is 0 Å². The molecule has 0 saturated heterocycles. The van der Waals surface area contributed by atoms with Crippen LogP contribution < -0.4 is 11.5 Å². The van der Waals surface area contributed by atoms with Crippen LogP contribution in [0.15, 0.2) is 18.2 Å². The number of rotatable bonds is 2. The molecule has 0 fully saturated rings. The van der Waals surface area contributed by atoms with Gasteiger partial charge in [0.25, 0.3) is 0 Å². The summed E-state index contributed by atoms with van der Waals surface area (Å²) in [6, 6.07) is 2.18. The summed E-state index contributed by atoms with van der Waals surface area (Å²) in [6.45, 7) is -0.430. The molecule has 6 heteroatoms. The maximum absolute atomic E-state index is 12.4. The maximum Gasteiger partial charge on any atom is 0.416 e. The minimum atomic E-state index is -4.46. The van der Waals surface area contributed by atoms with E-state index >= 15 is 0 Å². The Bertz CT molecular complexity index is 352. The minimum absolute atomic E-state index is 0.0243. The molecule has 15 heavy (non-hydrogen) atoms. The van der Waals surface area contributed by atoms with Gasteiger partial charge in [0.1, 0.15) is 0 Å². The van der Waals surface area contributed by atoms with Crippen molar-refractivity contribution >= 4 is 5.69 Å². The third kappa shape index (κ3) is 2.84. The number of hydrogen-bond donors (Lipinski definition) is 3. The predicted molar refractivity (Wildman–Crippen MR) is 49.9 cm³/mol. The van der Waals surface area contributed by atoms with E-state index in [0.717, 1.165) is 12.1 Å². The lowest BCUT2D eigenvalue weighted by molar-refractivity contribution is -0.137. The average molecular weight is 220 g/mol. The van der Waals surface area contributed by atoms with Crippen LogP contribution in [0, 0.1) is 0 Å². The van der Waals surface area contributed by atoms with Gasteiger partial charge >= 0.3 is 6.18 Å². The summed E-state index contributed by atoms with van der Waals surface area (Å²) in [5.41, 5.74) is 10.0. The molecule has 0 unspecified atom stereocenters. The van der Waals surface area contributed by atoms with Crippen molar-refractivity contribution in [2.75, 3.05) is 12.3 Å². The summed E-state index contributed by atoms with van der Waals surface area (Å²) in [6.07, 6.45) is -4.46. The van der Waals surface area contributed by atoms with Crippen molar-refractivity contribution in [2.24, 2.45) is 5.73 Å². The molecule has 0 saturated carbocycles. The Kier molecular flexibility index (Phi) is 3.21. The number of nitrogens with two attached hydrogens (primary N) is 2. The zero-order chi connectivity index (χ0) is 11.6. The fourth-order valence-electron chi connectivity index (χ4n) is 1.16. The van der Waals surface area contributed by atoms with E-state index in [4.69, 9.17) is 16.6 Å². The number of halogens is 3. The van der Waals surface area contributed by atoms with Gasteiger partial charge in [-0.15, -0.1) is 0 Å². The van der Waals surface area contributed by atoms with Crippen molar-refractivity contribution < 1.29 is 18.3 Å². The van der Waals surface area contributed by atoms with Gasteiger partial charge in [0.2, 0.25) is 0 Å². The van der Waals surface area contributed by atoms with Gasteiger partial charge in [0, 0.05) is 5.69 Å². The van der Waals surface area contributed by atoms with Gasteiger partial charge in [-0.1, -0.05) is 0 Å². The summed E-state index contributed by atoms with van der Waals surface area (Å²) in [5.74, 6) is 0. The second-order valence-electron chi connectivity index (χ2n) is 3.18. The summed E-state index contributed by atoms with van der Waals surface area (Å²) in [7, 11) is 0. The smallest absolute Gasteiger partial charge is 0.399 e. The number of hydrogen-bond acceptors (Lipinski definition) is 3. The Morgan fingerprint density at radius 1 is 1.27 bits per heavy atom. The molecule has 3 nitrogen and oxygen atoms in total. The molecule has 1 aromatic carbocycles. The molecule has 0 heterocycles. The van der Waals surface area contributed by atoms with Gasteiger partial charge in [-0.05, 0) is 23.8 Å². The molecule has 0 aromatic heterocycles. The van der Waals surface area contributed by atoms with Crippen LogP contribution in [0.2, 0.25) is 0 Å². The number of anilines is 1. The Labute approximate surface area is 84.5 Å². The molecule has 1 aromatic rings. The molecule has 1 rings (SSSR count). The third-order valence-electron chi connectivity index (χ3n) is 1.93. The normalized spacial score (nSPS) is 13.9. The molecule has 84 valence electrons. The van der Waals surface area contributed by atoms with Crippen molar-refractivity contribution in [3.05, 3.63) is 29.3 Å². The maximum atomic E-state index is 12.4. The van der Waals surface area contributed by atoms with Crippen molar-refractivity contribution in [3.63, 3.8) is 0 Å². The van der Waals surface area contributed by atoms with E-state index in [1.807, 2.05) is 0 Å². The molecule has 0 aliphatic rings. The SMILES string of the molecule is Nc1cc([C@@H](N)CO)cc(C(F)(F)F)c1. The molecule has 0 radical (unpaired) electrons. The number of aliphatic hydroxyl groups excluding tert-OH is 1. The van der Waals surface area contributed by atoms with E-state index in [-0.39, 0.29) is 11.3 Å². The van der Waals surface area contributed by atoms with Crippen LogP contribution in [-0.4, -0.2) is 11.7 Å². The van der Waals surface area contributed by atoms with Crippen LogP contribution in [0.4, 0.5) is 18.9 Å². The highest BCUT2D eigenvalue weighted by Gasteiger charge is 2.31. The molecule has 0 amide bonds. The quantitative estimate of drug-likeness (QED) is 0.657. The molecule has 0 aliphatic carbocycles. The van der Waals surface area contributed by atoms with Crippen LogP contribution >= 0.6 is 0 Å². The van der Waals surface area contributed by atoms with Gasteiger partial charge in [-0.3, -0.25) is 0 Å². The number of nitrogen functional groups attached to an aromatic ring is 1. The first-order valence-corrected chi connectivity index (χ1v) is 4.18. The topological polar surface area (TPSA) is 72.3 Å². The van der Waals surface area contributed by atoms with E-state index in [1.54, 1.807) is 0 Å². The van der Waals surface area contributed by atoms with Crippen LogP contribution in [0.5, 0.6) is 0 Å². The first-order valence-electron chi connectivity index (χ1n) is 4.18. The fraction of sp³-hybridized carbons (Fsp3) is 0.333. The van der Waals surface area contributed by atoms with Crippen LogP contribution in [-0.2, 0) is 6.18 Å². The van der Waals surface area contributed by atoms with Gasteiger partial charge < -0.3 is 16.6 Å². The molecular weight excluding hydrogens is 209 g/mol. The van der Waals surface area contributed by atoms with E-state index in [1.165, 1.54) is 6.07 Å². The second-order valence-corrected chi connectivity index (χ2v) is 3.18. The molecule has 0 aliphatic heterocycles. The minimum Gasteiger partial charge on any atom is -0.399 e. The largest absolute Gasteiger partial charge is 0.416 e. The zero-order valence-corrected chi connectivity index (χ0v) is 7.75. The van der Waals surface area contributed by atoms with Crippen LogP contribution in [0.25, 0.3) is 0 Å². The zero-order valence-electron chi connectivity index (χ0n) is 7.75. The first-order chi connectivity index (χ1) is 6.84. The third-order valence-corrected chi connectivity index (χ3v) is 1.93. The molecule has 0 spiro atoms. The van der Waals surface area contributed by atoms with Crippen molar-refractivity contribution in [1.29, 1.82) is 0 Å². The van der Waals surface area contributed by atoms with Gasteiger partial charge in [0.05, 0.1) is 18.2 Å². The van der Waals surface area contributed by atoms with E-state index in [9.17, 15) is 13.2 Å². The highest BCUT2D eigenvalue weighted by atomic mass is 19.4. The first kappa shape index (κ1) is 11.8. The van der Waals surface area contributed by atoms with Gasteiger partial charge in [0.15, 0.2) is 0 Å². The van der Waals surface area contributed by atoms with Crippen molar-refractivity contribution in [2.45, 2.75) is 12.2 Å². The van der Waals surface area contributed by atoms with Gasteiger partial charge in [-0.25, -0.2) is 0 Å². The Morgan fingerprint density at radius 2 is 1.87 bits per heavy atom. The van der Waals surface area contributed by atoms with Gasteiger partial charge in [-0.2, -0.15) is 13.2 Å². The lowest BCUT2D eigenvalue weighted by Gasteiger charge is -2.13. The number of aliphatic hydroxyl groups is 1. The van der Waals surface area contributed by atoms with Crippen LogP contribution in [0.3, 0.4) is 0 Å². The molecule has 0 bridgehead atoms. The van der Waals surface area contributed by atoms with E-state index in [0.29, 0.717) is 0 Å². The summed E-state index contributed by atoms with van der Waals surface area (Å²) in [5, 5.41) is 8.73. The van der Waals surface area contributed by atoms with E-state index in [2.05, 4.69) is 0 Å². The molecule has 5 N–H and O–H groups in total. The monoisotopic (exact) mass is 220 g/mol.